The van der Waals surface area contributed by atoms with Crippen LogP contribution in [-0.4, -0.2) is 6.61 Å². The van der Waals surface area contributed by atoms with Crippen LogP contribution in [0.3, 0.4) is 0 Å². The van der Waals surface area contributed by atoms with Gasteiger partial charge in [0.15, 0.2) is 0 Å². The second-order valence-corrected chi connectivity index (χ2v) is 6.91. The Kier molecular flexibility index (Phi) is 20.2. The van der Waals surface area contributed by atoms with E-state index in [0.717, 1.165) is 18.7 Å². The number of unbranched alkanes of at least 4 members (excludes halogenated alkanes) is 11. The molecule has 0 unspecified atom stereocenters. The second-order valence-electron chi connectivity index (χ2n) is 6.91. The van der Waals surface area contributed by atoms with Crippen molar-refractivity contribution in [1.82, 2.24) is 0 Å². The highest BCUT2D eigenvalue weighted by atomic mass is 16.6. The third kappa shape index (κ3) is 19.2. The summed E-state index contributed by atoms with van der Waals surface area (Å²) in [5.74, 6) is 0. The van der Waals surface area contributed by atoms with E-state index < -0.39 is 0 Å². The van der Waals surface area contributed by atoms with Gasteiger partial charge < -0.3 is 0 Å². The van der Waals surface area contributed by atoms with Crippen LogP contribution in [0, 0.1) is 0 Å². The van der Waals surface area contributed by atoms with Crippen LogP contribution in [-0.2, 0) is 4.84 Å². The maximum absolute atomic E-state index is 5.46. The standard InChI is InChI=1S/C20H35NO.C3H8/c1-2-3-4-5-6-7-8-9-10-11-12-16-19-22-21-20-17-14-13-15-18-20;1-3-2/h13-15,17-18,21H,2-12,16,19H2,1H3;3H2,1-2H3. The van der Waals surface area contributed by atoms with Gasteiger partial charge in [-0.1, -0.05) is 116 Å². The van der Waals surface area contributed by atoms with Crippen LogP contribution in [0.4, 0.5) is 5.69 Å². The van der Waals surface area contributed by atoms with Crippen LogP contribution in [0.15, 0.2) is 30.3 Å². The molecule has 0 aliphatic carbocycles. The molecule has 0 atom stereocenters. The molecule has 2 heteroatoms. The Hall–Kier alpha value is -1.02. The van der Waals surface area contributed by atoms with Gasteiger partial charge >= 0.3 is 0 Å². The first kappa shape index (κ1) is 24.0. The lowest BCUT2D eigenvalue weighted by Crippen LogP contribution is -2.02. The molecule has 146 valence electrons. The normalized spacial score (nSPS) is 10.2. The van der Waals surface area contributed by atoms with Crippen LogP contribution < -0.4 is 5.48 Å². The molecule has 0 radical (unpaired) electrons. The van der Waals surface area contributed by atoms with Gasteiger partial charge in [-0.15, -0.1) is 0 Å². The van der Waals surface area contributed by atoms with Crippen LogP contribution in [0.5, 0.6) is 0 Å². The highest BCUT2D eigenvalue weighted by molar-refractivity contribution is 5.39. The summed E-state index contributed by atoms with van der Waals surface area (Å²) in [6.45, 7) is 7.33. The Bertz CT molecular complexity index is 339. The molecule has 0 aliphatic heterocycles. The summed E-state index contributed by atoms with van der Waals surface area (Å²) >= 11 is 0. The van der Waals surface area contributed by atoms with E-state index >= 15 is 0 Å². The lowest BCUT2D eigenvalue weighted by molar-refractivity contribution is 0.187. The van der Waals surface area contributed by atoms with Gasteiger partial charge in [-0.2, -0.15) is 0 Å². The van der Waals surface area contributed by atoms with E-state index in [-0.39, 0.29) is 0 Å². The molecule has 0 aromatic heterocycles. The molecule has 0 fully saturated rings. The van der Waals surface area contributed by atoms with Gasteiger partial charge in [0.25, 0.3) is 0 Å². The highest BCUT2D eigenvalue weighted by Crippen LogP contribution is 2.12. The maximum atomic E-state index is 5.46. The Labute approximate surface area is 157 Å². The molecule has 0 heterocycles. The van der Waals surface area contributed by atoms with Gasteiger partial charge in [0, 0.05) is 0 Å². The van der Waals surface area contributed by atoms with Crippen LogP contribution in [0.1, 0.15) is 104 Å². The van der Waals surface area contributed by atoms with Gasteiger partial charge in [0.05, 0.1) is 12.3 Å². The van der Waals surface area contributed by atoms with Crippen molar-refractivity contribution in [1.29, 1.82) is 0 Å². The van der Waals surface area contributed by atoms with Crippen molar-refractivity contribution in [3.8, 4) is 0 Å². The monoisotopic (exact) mass is 349 g/mol. The zero-order valence-electron chi connectivity index (χ0n) is 17.2. The van der Waals surface area contributed by atoms with E-state index in [2.05, 4.69) is 26.3 Å². The summed E-state index contributed by atoms with van der Waals surface area (Å²) in [5, 5.41) is 0. The number of hydrogen-bond donors (Lipinski definition) is 1. The minimum Gasteiger partial charge on any atom is -0.276 e. The van der Waals surface area contributed by atoms with Crippen LogP contribution in [0.2, 0.25) is 0 Å². The Morgan fingerprint density at radius 1 is 0.640 bits per heavy atom. The quantitative estimate of drug-likeness (QED) is 0.255. The van der Waals surface area contributed by atoms with Crippen molar-refractivity contribution in [2.45, 2.75) is 104 Å². The Morgan fingerprint density at radius 2 is 1.08 bits per heavy atom. The van der Waals surface area contributed by atoms with E-state index in [0.29, 0.717) is 0 Å². The van der Waals surface area contributed by atoms with Crippen molar-refractivity contribution >= 4 is 5.69 Å². The first-order valence-corrected chi connectivity index (χ1v) is 10.8. The minimum atomic E-state index is 0.798. The molecular weight excluding hydrogens is 306 g/mol. The Balaban J connectivity index is 0.00000178. The van der Waals surface area contributed by atoms with Crippen LogP contribution in [0.25, 0.3) is 0 Å². The molecule has 0 saturated heterocycles. The molecule has 1 N–H and O–H groups in total. The molecule has 0 aliphatic rings. The lowest BCUT2D eigenvalue weighted by Gasteiger charge is -2.06. The average Bonchev–Trinajstić information content (AvgIpc) is 2.63. The first-order valence-electron chi connectivity index (χ1n) is 10.8. The van der Waals surface area contributed by atoms with Crippen molar-refractivity contribution in [3.63, 3.8) is 0 Å². The molecule has 1 aromatic rings. The number of nitrogens with one attached hydrogen (secondary N) is 1. The Morgan fingerprint density at radius 3 is 1.56 bits per heavy atom. The number of hydrogen-bond acceptors (Lipinski definition) is 2. The largest absolute Gasteiger partial charge is 0.276 e. The van der Waals surface area contributed by atoms with Gasteiger partial charge in [0.1, 0.15) is 0 Å². The zero-order valence-corrected chi connectivity index (χ0v) is 17.2. The molecule has 0 spiro atoms. The second kappa shape index (κ2) is 21.0. The maximum Gasteiger partial charge on any atom is 0.0746 e. The average molecular weight is 350 g/mol. The van der Waals surface area contributed by atoms with E-state index in [4.69, 9.17) is 4.84 Å². The molecule has 0 amide bonds. The number of benzene rings is 1. The molecule has 2 nitrogen and oxygen atoms in total. The third-order valence-corrected chi connectivity index (χ3v) is 4.06. The fraction of sp³-hybridized carbons (Fsp3) is 0.739. The van der Waals surface area contributed by atoms with Gasteiger partial charge in [0.2, 0.25) is 0 Å². The van der Waals surface area contributed by atoms with Crippen LogP contribution >= 0.6 is 0 Å². The predicted octanol–water partition coefficient (Wildman–Crippen LogP) is 8.15. The van der Waals surface area contributed by atoms with Crippen molar-refractivity contribution < 1.29 is 4.84 Å². The van der Waals surface area contributed by atoms with E-state index in [9.17, 15) is 0 Å². The van der Waals surface area contributed by atoms with Crippen molar-refractivity contribution in [2.75, 3.05) is 12.1 Å². The number of rotatable bonds is 15. The van der Waals surface area contributed by atoms with Crippen molar-refractivity contribution in [3.05, 3.63) is 30.3 Å². The molecule has 0 saturated carbocycles. The van der Waals surface area contributed by atoms with Gasteiger partial charge in [-0.3, -0.25) is 10.3 Å². The molecular formula is C23H43NO. The van der Waals surface area contributed by atoms with E-state index in [1.54, 1.807) is 0 Å². The third-order valence-electron chi connectivity index (χ3n) is 4.06. The summed E-state index contributed by atoms with van der Waals surface area (Å²) in [7, 11) is 0. The van der Waals surface area contributed by atoms with Crippen molar-refractivity contribution in [2.24, 2.45) is 0 Å². The van der Waals surface area contributed by atoms with E-state index in [1.165, 1.54) is 77.0 Å². The number of anilines is 1. The fourth-order valence-electron chi connectivity index (χ4n) is 2.66. The summed E-state index contributed by atoms with van der Waals surface area (Å²) in [6.07, 6.45) is 17.8. The van der Waals surface area contributed by atoms with Gasteiger partial charge in [-0.05, 0) is 18.6 Å². The summed E-state index contributed by atoms with van der Waals surface area (Å²) in [5.41, 5.74) is 4.01. The molecule has 25 heavy (non-hydrogen) atoms. The van der Waals surface area contributed by atoms with E-state index in [1.807, 2.05) is 30.3 Å². The zero-order chi connectivity index (χ0) is 18.4. The predicted molar refractivity (Wildman–Crippen MR) is 113 cm³/mol. The molecule has 1 aromatic carbocycles. The smallest absolute Gasteiger partial charge is 0.0746 e. The fourth-order valence-corrected chi connectivity index (χ4v) is 2.66. The number of para-hydroxylation sites is 1. The first-order chi connectivity index (χ1) is 12.3. The summed E-state index contributed by atoms with van der Waals surface area (Å²) in [6, 6.07) is 10.1. The van der Waals surface area contributed by atoms with Gasteiger partial charge in [-0.25, -0.2) is 0 Å². The SMILES string of the molecule is CCC.CCCCCCCCCCCCCCONc1ccccc1. The highest BCUT2D eigenvalue weighted by Gasteiger charge is 1.94. The summed E-state index contributed by atoms with van der Waals surface area (Å²) < 4.78 is 0. The topological polar surface area (TPSA) is 21.3 Å². The summed E-state index contributed by atoms with van der Waals surface area (Å²) in [4.78, 5) is 5.46. The minimum absolute atomic E-state index is 0.798. The molecule has 0 bridgehead atoms. The lowest BCUT2D eigenvalue weighted by atomic mass is 10.1. The molecule has 1 rings (SSSR count).